The maximum absolute atomic E-state index is 6.27. The SMILES string of the molecule is CCCN(C1CC1)C1(CN)CCC(C)(C)CC1C. The molecular formula is C16H32N2. The minimum atomic E-state index is 0.298. The first-order valence-corrected chi connectivity index (χ1v) is 7.92. The minimum Gasteiger partial charge on any atom is -0.329 e. The quantitative estimate of drug-likeness (QED) is 0.812. The summed E-state index contributed by atoms with van der Waals surface area (Å²) in [5.41, 5.74) is 7.08. The Balaban J connectivity index is 2.18. The molecule has 2 N–H and O–H groups in total. The van der Waals surface area contributed by atoms with Gasteiger partial charge in [-0.3, -0.25) is 4.90 Å². The van der Waals surface area contributed by atoms with Crippen molar-refractivity contribution in [1.29, 1.82) is 0 Å². The Morgan fingerprint density at radius 3 is 2.33 bits per heavy atom. The van der Waals surface area contributed by atoms with Gasteiger partial charge >= 0.3 is 0 Å². The van der Waals surface area contributed by atoms with E-state index in [4.69, 9.17) is 5.73 Å². The van der Waals surface area contributed by atoms with Crippen molar-refractivity contribution in [1.82, 2.24) is 4.90 Å². The van der Waals surface area contributed by atoms with Gasteiger partial charge in [-0.05, 0) is 56.4 Å². The molecule has 0 spiro atoms. The van der Waals surface area contributed by atoms with Crippen molar-refractivity contribution in [3.8, 4) is 0 Å². The molecule has 0 bridgehead atoms. The number of hydrogen-bond donors (Lipinski definition) is 1. The van der Waals surface area contributed by atoms with Crippen LogP contribution >= 0.6 is 0 Å². The fourth-order valence-electron chi connectivity index (χ4n) is 4.17. The van der Waals surface area contributed by atoms with Crippen LogP contribution in [0.5, 0.6) is 0 Å². The summed E-state index contributed by atoms with van der Waals surface area (Å²) < 4.78 is 0. The van der Waals surface area contributed by atoms with E-state index in [2.05, 4.69) is 32.6 Å². The van der Waals surface area contributed by atoms with Crippen molar-refractivity contribution in [3.05, 3.63) is 0 Å². The monoisotopic (exact) mass is 252 g/mol. The van der Waals surface area contributed by atoms with E-state index < -0.39 is 0 Å². The average molecular weight is 252 g/mol. The first-order chi connectivity index (χ1) is 8.45. The highest BCUT2D eigenvalue weighted by molar-refractivity contribution is 5.05. The summed E-state index contributed by atoms with van der Waals surface area (Å²) in [7, 11) is 0. The van der Waals surface area contributed by atoms with E-state index in [-0.39, 0.29) is 0 Å². The molecule has 0 radical (unpaired) electrons. The maximum atomic E-state index is 6.27. The molecule has 0 aromatic rings. The van der Waals surface area contributed by atoms with Gasteiger partial charge in [0.1, 0.15) is 0 Å². The van der Waals surface area contributed by atoms with Gasteiger partial charge in [0, 0.05) is 18.1 Å². The smallest absolute Gasteiger partial charge is 0.0360 e. The second-order valence-electron chi connectivity index (χ2n) is 7.50. The molecule has 0 aromatic heterocycles. The topological polar surface area (TPSA) is 29.3 Å². The summed E-state index contributed by atoms with van der Waals surface area (Å²) in [6.07, 6.45) is 8.02. The molecule has 2 unspecified atom stereocenters. The summed E-state index contributed by atoms with van der Waals surface area (Å²) in [6.45, 7) is 11.7. The van der Waals surface area contributed by atoms with Gasteiger partial charge in [0.2, 0.25) is 0 Å². The minimum absolute atomic E-state index is 0.298. The highest BCUT2D eigenvalue weighted by Crippen LogP contribution is 2.49. The second-order valence-corrected chi connectivity index (χ2v) is 7.50. The van der Waals surface area contributed by atoms with E-state index in [1.54, 1.807) is 0 Å². The Morgan fingerprint density at radius 2 is 1.89 bits per heavy atom. The molecule has 2 rings (SSSR count). The first kappa shape index (κ1) is 14.3. The Bertz CT molecular complexity index is 283. The van der Waals surface area contributed by atoms with Crippen LogP contribution in [0.3, 0.4) is 0 Å². The van der Waals surface area contributed by atoms with Crippen LogP contribution in [0.25, 0.3) is 0 Å². The van der Waals surface area contributed by atoms with Crippen LogP contribution in [0.1, 0.15) is 66.2 Å². The third kappa shape index (κ3) is 2.60. The van der Waals surface area contributed by atoms with Gasteiger partial charge in [-0.25, -0.2) is 0 Å². The Morgan fingerprint density at radius 1 is 1.22 bits per heavy atom. The fourth-order valence-corrected chi connectivity index (χ4v) is 4.17. The molecule has 2 nitrogen and oxygen atoms in total. The largest absolute Gasteiger partial charge is 0.329 e. The van der Waals surface area contributed by atoms with Gasteiger partial charge in [0.25, 0.3) is 0 Å². The third-order valence-electron chi connectivity index (χ3n) is 5.39. The Kier molecular flexibility index (Phi) is 4.08. The Labute approximate surface area is 113 Å². The lowest BCUT2D eigenvalue weighted by Crippen LogP contribution is -2.61. The van der Waals surface area contributed by atoms with Crippen molar-refractivity contribution in [2.45, 2.75) is 77.8 Å². The van der Waals surface area contributed by atoms with E-state index >= 15 is 0 Å². The van der Waals surface area contributed by atoms with Gasteiger partial charge in [0.15, 0.2) is 0 Å². The molecule has 0 saturated heterocycles. The van der Waals surface area contributed by atoms with E-state index in [0.717, 1.165) is 18.5 Å². The first-order valence-electron chi connectivity index (χ1n) is 7.92. The van der Waals surface area contributed by atoms with Gasteiger partial charge in [0.05, 0.1) is 0 Å². The van der Waals surface area contributed by atoms with Crippen LogP contribution in [0.4, 0.5) is 0 Å². The van der Waals surface area contributed by atoms with Gasteiger partial charge < -0.3 is 5.73 Å². The summed E-state index contributed by atoms with van der Waals surface area (Å²) in [5.74, 6) is 0.735. The molecule has 0 amide bonds. The maximum Gasteiger partial charge on any atom is 0.0360 e. The number of nitrogens with zero attached hydrogens (tertiary/aromatic N) is 1. The molecule has 106 valence electrons. The molecule has 2 aliphatic carbocycles. The summed E-state index contributed by atoms with van der Waals surface area (Å²) in [6, 6.07) is 0.845. The lowest BCUT2D eigenvalue weighted by atomic mass is 9.63. The molecule has 2 heteroatoms. The summed E-state index contributed by atoms with van der Waals surface area (Å²) in [4.78, 5) is 2.80. The summed E-state index contributed by atoms with van der Waals surface area (Å²) >= 11 is 0. The van der Waals surface area contributed by atoms with Crippen LogP contribution in [0.15, 0.2) is 0 Å². The third-order valence-corrected chi connectivity index (χ3v) is 5.39. The molecule has 0 aliphatic heterocycles. The molecule has 2 saturated carbocycles. The predicted octanol–water partition coefficient (Wildman–Crippen LogP) is 3.40. The van der Waals surface area contributed by atoms with Crippen molar-refractivity contribution in [2.75, 3.05) is 13.1 Å². The zero-order chi connectivity index (χ0) is 13.4. The van der Waals surface area contributed by atoms with Crippen LogP contribution in [0.2, 0.25) is 0 Å². The van der Waals surface area contributed by atoms with Crippen LogP contribution in [0, 0.1) is 11.3 Å². The predicted molar refractivity (Wildman–Crippen MR) is 78.6 cm³/mol. The Hall–Kier alpha value is -0.0800. The van der Waals surface area contributed by atoms with Crippen LogP contribution in [-0.4, -0.2) is 29.6 Å². The van der Waals surface area contributed by atoms with Crippen LogP contribution < -0.4 is 5.73 Å². The zero-order valence-corrected chi connectivity index (χ0v) is 12.8. The van der Waals surface area contributed by atoms with Crippen molar-refractivity contribution in [3.63, 3.8) is 0 Å². The standard InChI is InChI=1S/C16H32N2/c1-5-10-18(14-6-7-14)16(12-17)9-8-15(3,4)11-13(16)2/h13-14H,5-12,17H2,1-4H3. The van der Waals surface area contributed by atoms with E-state index in [1.165, 1.54) is 45.1 Å². The van der Waals surface area contributed by atoms with Crippen molar-refractivity contribution >= 4 is 0 Å². The molecule has 2 aliphatic rings. The molecule has 0 aromatic carbocycles. The molecular weight excluding hydrogens is 220 g/mol. The molecule has 2 atom stereocenters. The average Bonchev–Trinajstić information content (AvgIpc) is 3.11. The van der Waals surface area contributed by atoms with Gasteiger partial charge in [-0.2, -0.15) is 0 Å². The number of nitrogens with two attached hydrogens (primary N) is 1. The van der Waals surface area contributed by atoms with E-state index in [0.29, 0.717) is 11.0 Å². The second kappa shape index (κ2) is 5.13. The lowest BCUT2D eigenvalue weighted by molar-refractivity contribution is -0.0276. The highest BCUT2D eigenvalue weighted by Gasteiger charge is 2.50. The van der Waals surface area contributed by atoms with Crippen LogP contribution in [-0.2, 0) is 0 Å². The number of rotatable bonds is 5. The van der Waals surface area contributed by atoms with E-state index in [1.807, 2.05) is 0 Å². The fraction of sp³-hybridized carbons (Fsp3) is 1.00. The molecule has 18 heavy (non-hydrogen) atoms. The van der Waals surface area contributed by atoms with Crippen molar-refractivity contribution in [2.24, 2.45) is 17.1 Å². The molecule has 0 heterocycles. The summed E-state index contributed by atoms with van der Waals surface area (Å²) in [5, 5.41) is 0. The molecule has 2 fully saturated rings. The van der Waals surface area contributed by atoms with Gasteiger partial charge in [-0.15, -0.1) is 0 Å². The van der Waals surface area contributed by atoms with E-state index in [9.17, 15) is 0 Å². The zero-order valence-electron chi connectivity index (χ0n) is 12.8. The van der Waals surface area contributed by atoms with Gasteiger partial charge in [-0.1, -0.05) is 27.7 Å². The normalized spacial score (nSPS) is 36.0. The highest BCUT2D eigenvalue weighted by atomic mass is 15.3. The van der Waals surface area contributed by atoms with Crippen molar-refractivity contribution < 1.29 is 0 Å². The lowest BCUT2D eigenvalue weighted by Gasteiger charge is -2.54. The number of hydrogen-bond acceptors (Lipinski definition) is 2.